The lowest BCUT2D eigenvalue weighted by molar-refractivity contribution is 1.18. The Morgan fingerprint density at radius 2 is 1.75 bits per heavy atom. The highest BCUT2D eigenvalue weighted by molar-refractivity contribution is 5.26. The first-order chi connectivity index (χ1) is 5.70. The molecular formula is C12H18. The maximum atomic E-state index is 3.93. The summed E-state index contributed by atoms with van der Waals surface area (Å²) in [5, 5.41) is 0. The maximum absolute atomic E-state index is 3.93. The molecule has 0 aromatic rings. The zero-order valence-electron chi connectivity index (χ0n) is 8.14. The van der Waals surface area contributed by atoms with Crippen LogP contribution in [0.4, 0.5) is 0 Å². The Balaban J connectivity index is 3.85. The summed E-state index contributed by atoms with van der Waals surface area (Å²) in [6.45, 7) is 12.0. The lowest BCUT2D eigenvalue weighted by Gasteiger charge is -1.98. The van der Waals surface area contributed by atoms with Gasteiger partial charge in [-0.1, -0.05) is 55.5 Å². The summed E-state index contributed by atoms with van der Waals surface area (Å²) in [7, 11) is 0. The predicted molar refractivity (Wildman–Crippen MR) is 57.1 cm³/mol. The highest BCUT2D eigenvalue weighted by Crippen LogP contribution is 2.09. The zero-order valence-corrected chi connectivity index (χ0v) is 8.14. The van der Waals surface area contributed by atoms with Crippen molar-refractivity contribution in [1.29, 1.82) is 0 Å². The van der Waals surface area contributed by atoms with Crippen molar-refractivity contribution in [2.75, 3.05) is 0 Å². The number of allylic oxidation sites excluding steroid dienone is 6. The van der Waals surface area contributed by atoms with Gasteiger partial charge >= 0.3 is 0 Å². The van der Waals surface area contributed by atoms with Gasteiger partial charge in [0, 0.05) is 0 Å². The zero-order chi connectivity index (χ0) is 9.40. The Morgan fingerprint density at radius 3 is 2.25 bits per heavy atom. The van der Waals surface area contributed by atoms with Crippen molar-refractivity contribution in [1.82, 2.24) is 0 Å². The quantitative estimate of drug-likeness (QED) is 0.535. The van der Waals surface area contributed by atoms with Crippen molar-refractivity contribution < 1.29 is 0 Å². The van der Waals surface area contributed by atoms with Gasteiger partial charge in [-0.3, -0.25) is 0 Å². The lowest BCUT2D eigenvalue weighted by atomic mass is 10.1. The smallest absolute Gasteiger partial charge is 0.00377 e. The highest BCUT2D eigenvalue weighted by Gasteiger charge is 1.89. The molecule has 66 valence electrons. The van der Waals surface area contributed by atoms with Crippen LogP contribution in [-0.4, -0.2) is 0 Å². The number of hydrogen-bond acceptors (Lipinski definition) is 0. The fourth-order valence-corrected chi connectivity index (χ4v) is 0.930. The fourth-order valence-electron chi connectivity index (χ4n) is 0.930. The molecule has 0 aromatic heterocycles. The summed E-state index contributed by atoms with van der Waals surface area (Å²) in [6, 6.07) is 0. The molecule has 0 bridgehead atoms. The highest BCUT2D eigenvalue weighted by atomic mass is 14.0. The topological polar surface area (TPSA) is 0 Å². The van der Waals surface area contributed by atoms with Crippen molar-refractivity contribution in [3.05, 3.63) is 48.6 Å². The second kappa shape index (κ2) is 6.66. The van der Waals surface area contributed by atoms with Gasteiger partial charge in [0.25, 0.3) is 0 Å². The fraction of sp³-hybridized carbons (Fsp3) is 0.333. The normalized spacial score (nSPS) is 11.2. The van der Waals surface area contributed by atoms with E-state index in [9.17, 15) is 0 Å². The van der Waals surface area contributed by atoms with Crippen LogP contribution >= 0.6 is 0 Å². The first-order valence-electron chi connectivity index (χ1n) is 4.35. The van der Waals surface area contributed by atoms with E-state index < -0.39 is 0 Å². The minimum absolute atomic E-state index is 0.876. The summed E-state index contributed by atoms with van der Waals surface area (Å²) < 4.78 is 0. The van der Waals surface area contributed by atoms with Crippen molar-refractivity contribution in [2.45, 2.75) is 26.7 Å². The summed E-state index contributed by atoms with van der Waals surface area (Å²) in [5.41, 5.74) is 2.24. The standard InChI is InChI=1S/C12H18/c1-5-7-9-12(4)10-11(3)8-6-2/h6-9H,3-5,10H2,1-2H3/b8-6-,9-7-. The first kappa shape index (κ1) is 11.0. The molecule has 0 radical (unpaired) electrons. The molecule has 0 amide bonds. The molecule has 0 nitrogen and oxygen atoms in total. The van der Waals surface area contributed by atoms with E-state index in [0.717, 1.165) is 24.0 Å². The van der Waals surface area contributed by atoms with Crippen LogP contribution < -0.4 is 0 Å². The Labute approximate surface area is 76.0 Å². The van der Waals surface area contributed by atoms with Gasteiger partial charge in [-0.25, -0.2) is 0 Å². The Hall–Kier alpha value is -1.04. The largest absolute Gasteiger partial charge is 0.0955 e. The van der Waals surface area contributed by atoms with Gasteiger partial charge in [-0.15, -0.1) is 0 Å². The van der Waals surface area contributed by atoms with Crippen molar-refractivity contribution in [3.63, 3.8) is 0 Å². The van der Waals surface area contributed by atoms with E-state index in [1.54, 1.807) is 0 Å². The van der Waals surface area contributed by atoms with Gasteiger partial charge < -0.3 is 0 Å². The SMILES string of the molecule is C=C(/C=C\C)CC(=C)/C=C\CC. The van der Waals surface area contributed by atoms with E-state index >= 15 is 0 Å². The molecule has 0 unspecified atom stereocenters. The number of rotatable bonds is 5. The molecular weight excluding hydrogens is 144 g/mol. The average molecular weight is 162 g/mol. The van der Waals surface area contributed by atoms with Gasteiger partial charge in [0.2, 0.25) is 0 Å². The van der Waals surface area contributed by atoms with E-state index in [1.165, 1.54) is 0 Å². The molecule has 0 aliphatic rings. The summed E-state index contributed by atoms with van der Waals surface area (Å²) in [6.07, 6.45) is 10.1. The van der Waals surface area contributed by atoms with Crippen LogP contribution in [0.25, 0.3) is 0 Å². The Kier molecular flexibility index (Phi) is 6.08. The Bertz CT molecular complexity index is 204. The van der Waals surface area contributed by atoms with E-state index in [0.29, 0.717) is 0 Å². The van der Waals surface area contributed by atoms with Gasteiger partial charge in [-0.2, -0.15) is 0 Å². The van der Waals surface area contributed by atoms with E-state index in [1.807, 2.05) is 19.1 Å². The third kappa shape index (κ3) is 5.72. The molecule has 0 heteroatoms. The van der Waals surface area contributed by atoms with Crippen LogP contribution in [0, 0.1) is 0 Å². The first-order valence-corrected chi connectivity index (χ1v) is 4.35. The molecule has 12 heavy (non-hydrogen) atoms. The molecule has 0 heterocycles. The monoisotopic (exact) mass is 162 g/mol. The minimum atomic E-state index is 0.876. The van der Waals surface area contributed by atoms with E-state index in [2.05, 4.69) is 32.2 Å². The molecule has 0 rings (SSSR count). The second-order valence-electron chi connectivity index (χ2n) is 2.80. The summed E-state index contributed by atoms with van der Waals surface area (Å²) in [4.78, 5) is 0. The van der Waals surface area contributed by atoms with Crippen LogP contribution in [0.2, 0.25) is 0 Å². The molecule has 0 aliphatic heterocycles. The minimum Gasteiger partial charge on any atom is -0.0955 e. The molecule has 0 aliphatic carbocycles. The average Bonchev–Trinajstić information content (AvgIpc) is 2.01. The van der Waals surface area contributed by atoms with Gasteiger partial charge in [0.05, 0.1) is 0 Å². The lowest BCUT2D eigenvalue weighted by Crippen LogP contribution is -1.78. The van der Waals surface area contributed by atoms with Crippen molar-refractivity contribution in [3.8, 4) is 0 Å². The molecule has 0 aromatic carbocycles. The Morgan fingerprint density at radius 1 is 1.17 bits per heavy atom. The van der Waals surface area contributed by atoms with Gasteiger partial charge in [-0.05, 0) is 19.8 Å². The van der Waals surface area contributed by atoms with Crippen molar-refractivity contribution >= 4 is 0 Å². The molecule has 0 fully saturated rings. The van der Waals surface area contributed by atoms with Crippen LogP contribution in [0.15, 0.2) is 48.6 Å². The third-order valence-electron chi connectivity index (χ3n) is 1.45. The number of hydrogen-bond donors (Lipinski definition) is 0. The molecule has 0 spiro atoms. The van der Waals surface area contributed by atoms with Gasteiger partial charge in [0.15, 0.2) is 0 Å². The summed E-state index contributed by atoms with van der Waals surface area (Å²) >= 11 is 0. The van der Waals surface area contributed by atoms with E-state index in [-0.39, 0.29) is 0 Å². The molecule has 0 atom stereocenters. The molecule has 0 N–H and O–H groups in total. The van der Waals surface area contributed by atoms with Crippen molar-refractivity contribution in [2.24, 2.45) is 0 Å². The van der Waals surface area contributed by atoms with E-state index in [4.69, 9.17) is 0 Å². The summed E-state index contributed by atoms with van der Waals surface area (Å²) in [5.74, 6) is 0. The third-order valence-corrected chi connectivity index (χ3v) is 1.45. The van der Waals surface area contributed by atoms with Crippen LogP contribution in [-0.2, 0) is 0 Å². The van der Waals surface area contributed by atoms with Crippen LogP contribution in [0.1, 0.15) is 26.7 Å². The molecule has 0 saturated heterocycles. The maximum Gasteiger partial charge on any atom is -0.00377 e. The van der Waals surface area contributed by atoms with Gasteiger partial charge in [0.1, 0.15) is 0 Å². The van der Waals surface area contributed by atoms with Crippen LogP contribution in [0.3, 0.4) is 0 Å². The second-order valence-corrected chi connectivity index (χ2v) is 2.80. The predicted octanol–water partition coefficient (Wildman–Crippen LogP) is 4.03. The molecule has 0 saturated carbocycles. The van der Waals surface area contributed by atoms with Crippen LogP contribution in [0.5, 0.6) is 0 Å².